The molecular weight excluding hydrogens is 258 g/mol. The van der Waals surface area contributed by atoms with Crippen LogP contribution in [-0.4, -0.2) is 13.2 Å². The van der Waals surface area contributed by atoms with E-state index >= 15 is 0 Å². The Kier molecular flexibility index (Phi) is 6.54. The maximum atomic E-state index is 5.76. The van der Waals surface area contributed by atoms with Crippen molar-refractivity contribution in [3.63, 3.8) is 0 Å². The highest BCUT2D eigenvalue weighted by Crippen LogP contribution is 2.09. The molecule has 2 N–H and O–H groups in total. The van der Waals surface area contributed by atoms with Crippen LogP contribution in [0, 0.1) is 11.8 Å². The lowest BCUT2D eigenvalue weighted by molar-refractivity contribution is 0.118. The van der Waals surface area contributed by atoms with E-state index in [1.807, 2.05) is 24.3 Å². The number of rotatable bonds is 6. The average molecular weight is 279 g/mol. The Hall–Kier alpha value is -2.08. The summed E-state index contributed by atoms with van der Waals surface area (Å²) in [6.45, 7) is 1.74. The quantitative estimate of drug-likeness (QED) is 0.651. The molecule has 0 aliphatic carbocycles. The van der Waals surface area contributed by atoms with Crippen LogP contribution in [0.1, 0.15) is 23.1 Å². The van der Waals surface area contributed by atoms with Crippen molar-refractivity contribution in [2.24, 2.45) is 5.73 Å². The third-order valence-corrected chi connectivity index (χ3v) is 3.20. The Labute approximate surface area is 126 Å². The number of hydrogen-bond donors (Lipinski definition) is 1. The number of nitrogens with two attached hydrogens (primary N) is 1. The van der Waals surface area contributed by atoms with Gasteiger partial charge in [0.15, 0.2) is 0 Å². The number of hydrogen-bond acceptors (Lipinski definition) is 2. The first kappa shape index (κ1) is 15.3. The van der Waals surface area contributed by atoms with Gasteiger partial charge in [0.1, 0.15) is 0 Å². The lowest BCUT2D eigenvalue weighted by Gasteiger charge is -2.06. The molecule has 0 aliphatic rings. The van der Waals surface area contributed by atoms with Gasteiger partial charge in [0.2, 0.25) is 0 Å². The Morgan fingerprint density at radius 3 is 2.52 bits per heavy atom. The largest absolute Gasteiger partial charge is 0.377 e. The van der Waals surface area contributed by atoms with Gasteiger partial charge in [-0.25, -0.2) is 0 Å². The molecule has 0 spiro atoms. The van der Waals surface area contributed by atoms with E-state index in [2.05, 4.69) is 42.2 Å². The first-order valence-electron chi connectivity index (χ1n) is 7.28. The molecule has 0 bridgehead atoms. The van der Waals surface area contributed by atoms with Gasteiger partial charge in [-0.1, -0.05) is 60.4 Å². The highest BCUT2D eigenvalue weighted by atomic mass is 16.5. The summed E-state index contributed by atoms with van der Waals surface area (Å²) in [5.74, 6) is 5.97. The number of benzene rings is 2. The van der Waals surface area contributed by atoms with Gasteiger partial charge in [0.25, 0.3) is 0 Å². The van der Waals surface area contributed by atoms with Gasteiger partial charge in [0, 0.05) is 12.2 Å². The predicted molar refractivity (Wildman–Crippen MR) is 86.8 cm³/mol. The highest BCUT2D eigenvalue weighted by Gasteiger charge is 1.99. The average Bonchev–Trinajstić information content (AvgIpc) is 2.54. The Morgan fingerprint density at radius 1 is 0.952 bits per heavy atom. The monoisotopic (exact) mass is 279 g/mol. The fraction of sp³-hybridized carbons (Fsp3) is 0.263. The molecule has 2 aromatic rings. The normalized spacial score (nSPS) is 9.95. The van der Waals surface area contributed by atoms with E-state index in [9.17, 15) is 0 Å². The van der Waals surface area contributed by atoms with Crippen molar-refractivity contribution in [2.75, 3.05) is 13.2 Å². The minimum atomic E-state index is 0.381. The molecule has 2 aromatic carbocycles. The Morgan fingerprint density at radius 2 is 1.71 bits per heavy atom. The van der Waals surface area contributed by atoms with E-state index in [0.717, 1.165) is 30.6 Å². The lowest BCUT2D eigenvalue weighted by atomic mass is 10.1. The third kappa shape index (κ3) is 5.43. The fourth-order valence-electron chi connectivity index (χ4n) is 2.12. The molecule has 21 heavy (non-hydrogen) atoms. The van der Waals surface area contributed by atoms with Crippen molar-refractivity contribution in [3.05, 3.63) is 71.3 Å². The summed E-state index contributed by atoms with van der Waals surface area (Å²) in [5, 5.41) is 0. The molecule has 0 radical (unpaired) electrons. The molecule has 0 atom stereocenters. The summed E-state index contributed by atoms with van der Waals surface area (Å²) >= 11 is 0. The minimum absolute atomic E-state index is 0.381. The Bertz CT molecular complexity index is 596. The van der Waals surface area contributed by atoms with Gasteiger partial charge in [-0.2, -0.15) is 0 Å². The second-order valence-electron chi connectivity index (χ2n) is 4.80. The van der Waals surface area contributed by atoms with Gasteiger partial charge < -0.3 is 10.5 Å². The molecule has 0 amide bonds. The molecule has 2 nitrogen and oxygen atoms in total. The van der Waals surface area contributed by atoms with Gasteiger partial charge in [-0.15, -0.1) is 0 Å². The standard InChI is InChI=1S/C19H21NO/c20-14-6-13-18-11-4-5-12-19(18)16-21-15-7-10-17-8-2-1-3-9-17/h1-5,8-9,11-12H,7,10,14-16,20H2. The summed E-state index contributed by atoms with van der Waals surface area (Å²) in [6, 6.07) is 18.5. The summed E-state index contributed by atoms with van der Waals surface area (Å²) in [5.41, 5.74) is 8.90. The van der Waals surface area contributed by atoms with Gasteiger partial charge in [-0.3, -0.25) is 0 Å². The van der Waals surface area contributed by atoms with Crippen LogP contribution < -0.4 is 5.73 Å². The van der Waals surface area contributed by atoms with E-state index in [4.69, 9.17) is 10.5 Å². The van der Waals surface area contributed by atoms with Crippen molar-refractivity contribution in [2.45, 2.75) is 19.4 Å². The molecule has 2 rings (SSSR count). The predicted octanol–water partition coefficient (Wildman–Crippen LogP) is 3.15. The van der Waals surface area contributed by atoms with Crippen LogP contribution in [0.3, 0.4) is 0 Å². The van der Waals surface area contributed by atoms with Crippen molar-refractivity contribution in [1.29, 1.82) is 0 Å². The molecule has 0 aliphatic heterocycles. The van der Waals surface area contributed by atoms with Crippen LogP contribution in [0.5, 0.6) is 0 Å². The molecule has 0 fully saturated rings. The maximum absolute atomic E-state index is 5.76. The third-order valence-electron chi connectivity index (χ3n) is 3.20. The second-order valence-corrected chi connectivity index (χ2v) is 4.80. The molecular formula is C19H21NO. The first-order chi connectivity index (χ1) is 10.4. The van der Waals surface area contributed by atoms with Gasteiger partial charge >= 0.3 is 0 Å². The minimum Gasteiger partial charge on any atom is -0.377 e. The Balaban J connectivity index is 1.76. The summed E-state index contributed by atoms with van der Waals surface area (Å²) in [4.78, 5) is 0. The smallest absolute Gasteiger partial charge is 0.0728 e. The zero-order chi connectivity index (χ0) is 14.8. The van der Waals surface area contributed by atoms with Crippen molar-refractivity contribution in [3.8, 4) is 11.8 Å². The second kappa shape index (κ2) is 8.97. The van der Waals surface area contributed by atoms with E-state index in [1.54, 1.807) is 0 Å². The van der Waals surface area contributed by atoms with Gasteiger partial charge in [-0.05, 0) is 30.0 Å². The highest BCUT2D eigenvalue weighted by molar-refractivity contribution is 5.41. The van der Waals surface area contributed by atoms with Crippen molar-refractivity contribution in [1.82, 2.24) is 0 Å². The van der Waals surface area contributed by atoms with Crippen LogP contribution in [-0.2, 0) is 17.8 Å². The molecule has 2 heteroatoms. The van der Waals surface area contributed by atoms with E-state index in [0.29, 0.717) is 13.2 Å². The topological polar surface area (TPSA) is 35.2 Å². The first-order valence-corrected chi connectivity index (χ1v) is 7.28. The summed E-state index contributed by atoms with van der Waals surface area (Å²) in [7, 11) is 0. The zero-order valence-corrected chi connectivity index (χ0v) is 12.2. The SMILES string of the molecule is NCC#Cc1ccccc1COCCCc1ccccc1. The molecule has 0 saturated carbocycles. The molecule has 0 saturated heterocycles. The van der Waals surface area contributed by atoms with Crippen molar-refractivity contribution >= 4 is 0 Å². The molecule has 0 unspecified atom stereocenters. The van der Waals surface area contributed by atoms with Crippen LogP contribution >= 0.6 is 0 Å². The fourth-order valence-corrected chi connectivity index (χ4v) is 2.12. The molecule has 108 valence electrons. The van der Waals surface area contributed by atoms with Crippen LogP contribution in [0.2, 0.25) is 0 Å². The number of ether oxygens (including phenoxy) is 1. The van der Waals surface area contributed by atoms with E-state index in [1.165, 1.54) is 5.56 Å². The van der Waals surface area contributed by atoms with Crippen LogP contribution in [0.15, 0.2) is 54.6 Å². The zero-order valence-electron chi connectivity index (χ0n) is 12.2. The number of aryl methyl sites for hydroxylation is 1. The molecule has 0 heterocycles. The van der Waals surface area contributed by atoms with Crippen LogP contribution in [0.25, 0.3) is 0 Å². The van der Waals surface area contributed by atoms with Gasteiger partial charge in [0.05, 0.1) is 13.2 Å². The van der Waals surface area contributed by atoms with E-state index in [-0.39, 0.29) is 0 Å². The van der Waals surface area contributed by atoms with Crippen LogP contribution in [0.4, 0.5) is 0 Å². The molecule has 0 aromatic heterocycles. The van der Waals surface area contributed by atoms with E-state index < -0.39 is 0 Å². The summed E-state index contributed by atoms with van der Waals surface area (Å²) in [6.07, 6.45) is 2.08. The van der Waals surface area contributed by atoms with Crippen molar-refractivity contribution < 1.29 is 4.74 Å². The maximum Gasteiger partial charge on any atom is 0.0728 e. The summed E-state index contributed by atoms with van der Waals surface area (Å²) < 4.78 is 5.76. The lowest BCUT2D eigenvalue weighted by Crippen LogP contribution is -2.00.